The Labute approximate surface area is 88.2 Å². The summed E-state index contributed by atoms with van der Waals surface area (Å²) in [7, 11) is 1.88. The summed E-state index contributed by atoms with van der Waals surface area (Å²) in [5, 5.41) is 0. The number of hydrogen-bond acceptors (Lipinski definition) is 1. The molecule has 2 rings (SSSR count). The number of rotatable bonds is 1. The average Bonchev–Trinajstić information content (AvgIpc) is 1.99. The molecular weight excluding hydrogens is 172 g/mol. The van der Waals surface area contributed by atoms with E-state index in [1.54, 1.807) is 0 Å². The van der Waals surface area contributed by atoms with Gasteiger partial charge in [0.05, 0.1) is 5.60 Å². The van der Waals surface area contributed by atoms with Crippen molar-refractivity contribution in [1.82, 2.24) is 0 Å². The zero-order valence-electron chi connectivity index (χ0n) is 10.1. The molecule has 4 atom stereocenters. The van der Waals surface area contributed by atoms with Gasteiger partial charge in [-0.2, -0.15) is 0 Å². The Morgan fingerprint density at radius 1 is 1.14 bits per heavy atom. The highest BCUT2D eigenvalue weighted by atomic mass is 16.5. The van der Waals surface area contributed by atoms with Gasteiger partial charge in [0.1, 0.15) is 0 Å². The summed E-state index contributed by atoms with van der Waals surface area (Å²) >= 11 is 0. The summed E-state index contributed by atoms with van der Waals surface area (Å²) in [6.45, 7) is 7.18. The first kappa shape index (κ1) is 10.5. The van der Waals surface area contributed by atoms with Crippen LogP contribution < -0.4 is 0 Å². The molecule has 2 aliphatic rings. The van der Waals surface area contributed by atoms with Crippen molar-refractivity contribution >= 4 is 0 Å². The monoisotopic (exact) mass is 196 g/mol. The van der Waals surface area contributed by atoms with Crippen LogP contribution in [0.1, 0.15) is 52.9 Å². The van der Waals surface area contributed by atoms with E-state index in [1.807, 2.05) is 7.11 Å². The van der Waals surface area contributed by atoms with Gasteiger partial charge in [-0.1, -0.05) is 13.8 Å². The minimum Gasteiger partial charge on any atom is -0.378 e. The Kier molecular flexibility index (Phi) is 2.42. The molecule has 4 unspecified atom stereocenters. The second-order valence-corrected chi connectivity index (χ2v) is 6.46. The average molecular weight is 196 g/mol. The zero-order valence-corrected chi connectivity index (χ0v) is 10.1. The van der Waals surface area contributed by atoms with E-state index in [9.17, 15) is 0 Å². The van der Waals surface area contributed by atoms with Crippen molar-refractivity contribution < 1.29 is 4.74 Å². The predicted octanol–water partition coefficient (Wildman–Crippen LogP) is 3.63. The van der Waals surface area contributed by atoms with Gasteiger partial charge in [-0.25, -0.2) is 0 Å². The van der Waals surface area contributed by atoms with E-state index >= 15 is 0 Å². The first-order chi connectivity index (χ1) is 6.45. The van der Waals surface area contributed by atoms with E-state index in [4.69, 9.17) is 4.74 Å². The lowest BCUT2D eigenvalue weighted by Crippen LogP contribution is -2.46. The molecule has 0 aliphatic heterocycles. The quantitative estimate of drug-likeness (QED) is 0.622. The van der Waals surface area contributed by atoms with Crippen molar-refractivity contribution in [1.29, 1.82) is 0 Å². The first-order valence-electron chi connectivity index (χ1n) is 6.00. The van der Waals surface area contributed by atoms with E-state index in [-0.39, 0.29) is 5.60 Å². The molecule has 14 heavy (non-hydrogen) atoms. The fourth-order valence-corrected chi connectivity index (χ4v) is 4.40. The molecule has 0 heterocycles. The van der Waals surface area contributed by atoms with Crippen LogP contribution in [-0.2, 0) is 4.74 Å². The molecular formula is C13H24O. The third-order valence-electron chi connectivity index (χ3n) is 4.37. The van der Waals surface area contributed by atoms with Gasteiger partial charge in [0.25, 0.3) is 0 Å². The zero-order chi connectivity index (χ0) is 10.4. The SMILES string of the molecule is COC1(C)CC2CC(C)CC(C)(C2)C1. The van der Waals surface area contributed by atoms with Gasteiger partial charge in [-0.05, 0) is 56.3 Å². The van der Waals surface area contributed by atoms with Gasteiger partial charge in [-0.3, -0.25) is 0 Å². The van der Waals surface area contributed by atoms with Gasteiger partial charge in [0, 0.05) is 7.11 Å². The summed E-state index contributed by atoms with van der Waals surface area (Å²) in [4.78, 5) is 0. The van der Waals surface area contributed by atoms with E-state index in [0.717, 1.165) is 11.8 Å². The number of methoxy groups -OCH3 is 1. The first-order valence-corrected chi connectivity index (χ1v) is 6.00. The smallest absolute Gasteiger partial charge is 0.0658 e. The molecule has 0 aromatic heterocycles. The third kappa shape index (κ3) is 1.84. The molecule has 0 aromatic rings. The standard InChI is InChI=1S/C13H24O/c1-10-5-11-7-12(2,6-10)9-13(3,8-11)14-4/h10-11H,5-9H2,1-4H3. The lowest BCUT2D eigenvalue weighted by atomic mass is 9.56. The highest BCUT2D eigenvalue weighted by molar-refractivity contribution is 4.98. The Morgan fingerprint density at radius 2 is 1.86 bits per heavy atom. The van der Waals surface area contributed by atoms with Gasteiger partial charge in [0.2, 0.25) is 0 Å². The summed E-state index contributed by atoms with van der Waals surface area (Å²) in [5.74, 6) is 1.85. The van der Waals surface area contributed by atoms with E-state index in [0.29, 0.717) is 5.41 Å². The minimum absolute atomic E-state index is 0.164. The van der Waals surface area contributed by atoms with E-state index < -0.39 is 0 Å². The molecule has 0 aromatic carbocycles. The van der Waals surface area contributed by atoms with Gasteiger partial charge in [0.15, 0.2) is 0 Å². The van der Waals surface area contributed by atoms with Crippen molar-refractivity contribution in [2.75, 3.05) is 7.11 Å². The minimum atomic E-state index is 0.164. The molecule has 2 saturated carbocycles. The van der Waals surface area contributed by atoms with Gasteiger partial charge < -0.3 is 4.74 Å². The lowest BCUT2D eigenvalue weighted by molar-refractivity contribution is -0.106. The third-order valence-corrected chi connectivity index (χ3v) is 4.37. The molecule has 2 aliphatic carbocycles. The summed E-state index contributed by atoms with van der Waals surface area (Å²) in [6, 6.07) is 0. The van der Waals surface area contributed by atoms with Crippen LogP contribution in [-0.4, -0.2) is 12.7 Å². The summed E-state index contributed by atoms with van der Waals surface area (Å²) < 4.78 is 5.72. The maximum Gasteiger partial charge on any atom is 0.0658 e. The van der Waals surface area contributed by atoms with Crippen LogP contribution in [0, 0.1) is 17.3 Å². The number of hydrogen-bond donors (Lipinski definition) is 0. The van der Waals surface area contributed by atoms with Gasteiger partial charge >= 0.3 is 0 Å². The largest absolute Gasteiger partial charge is 0.378 e. The second-order valence-electron chi connectivity index (χ2n) is 6.46. The molecule has 0 radical (unpaired) electrons. The molecule has 0 saturated heterocycles. The molecule has 2 fully saturated rings. The van der Waals surface area contributed by atoms with Gasteiger partial charge in [-0.15, -0.1) is 0 Å². The molecule has 2 bridgehead atoms. The molecule has 0 amide bonds. The van der Waals surface area contributed by atoms with Crippen LogP contribution in [0.5, 0.6) is 0 Å². The topological polar surface area (TPSA) is 9.23 Å². The maximum atomic E-state index is 5.72. The fourth-order valence-electron chi connectivity index (χ4n) is 4.40. The highest BCUT2D eigenvalue weighted by Crippen LogP contribution is 2.54. The Hall–Kier alpha value is -0.0400. The molecule has 0 spiro atoms. The fraction of sp³-hybridized carbons (Fsp3) is 1.00. The molecule has 1 heteroatoms. The maximum absolute atomic E-state index is 5.72. The number of ether oxygens (including phenoxy) is 1. The van der Waals surface area contributed by atoms with E-state index in [2.05, 4.69) is 20.8 Å². The normalized spacial score (nSPS) is 53.1. The summed E-state index contributed by atoms with van der Waals surface area (Å²) in [5.41, 5.74) is 0.725. The second kappa shape index (κ2) is 3.23. The Balaban J connectivity index is 2.16. The van der Waals surface area contributed by atoms with Crippen molar-refractivity contribution in [3.05, 3.63) is 0 Å². The van der Waals surface area contributed by atoms with Crippen LogP contribution in [0.4, 0.5) is 0 Å². The van der Waals surface area contributed by atoms with Crippen LogP contribution in [0.15, 0.2) is 0 Å². The summed E-state index contributed by atoms with van der Waals surface area (Å²) in [6.07, 6.45) is 6.81. The molecule has 0 N–H and O–H groups in total. The van der Waals surface area contributed by atoms with Crippen LogP contribution >= 0.6 is 0 Å². The van der Waals surface area contributed by atoms with Crippen molar-refractivity contribution in [2.24, 2.45) is 17.3 Å². The van der Waals surface area contributed by atoms with Crippen LogP contribution in [0.2, 0.25) is 0 Å². The number of fused-ring (bicyclic) bond motifs is 2. The Morgan fingerprint density at radius 3 is 2.43 bits per heavy atom. The molecule has 82 valence electrons. The van der Waals surface area contributed by atoms with E-state index in [1.165, 1.54) is 32.1 Å². The van der Waals surface area contributed by atoms with Crippen molar-refractivity contribution in [3.8, 4) is 0 Å². The van der Waals surface area contributed by atoms with Crippen molar-refractivity contribution in [3.63, 3.8) is 0 Å². The Bertz CT molecular complexity index is 221. The highest BCUT2D eigenvalue weighted by Gasteiger charge is 2.47. The van der Waals surface area contributed by atoms with Crippen molar-refractivity contribution in [2.45, 2.75) is 58.5 Å². The van der Waals surface area contributed by atoms with Crippen LogP contribution in [0.3, 0.4) is 0 Å². The van der Waals surface area contributed by atoms with Crippen LogP contribution in [0.25, 0.3) is 0 Å². The molecule has 1 nitrogen and oxygen atoms in total. The lowest BCUT2D eigenvalue weighted by Gasteiger charge is -2.52. The predicted molar refractivity (Wildman–Crippen MR) is 59.3 cm³/mol.